The molecule has 1 aromatic rings. The van der Waals surface area contributed by atoms with Crippen molar-refractivity contribution >= 4 is 12.3 Å². The summed E-state index contributed by atoms with van der Waals surface area (Å²) in [6.07, 6.45) is 12.5. The Morgan fingerprint density at radius 3 is 2.83 bits per heavy atom. The number of likely N-dealkylation sites (tertiary alicyclic amines) is 1. The molecular weight excluding hydrogens is 379 g/mol. The van der Waals surface area contributed by atoms with Crippen LogP contribution in [0.1, 0.15) is 35.7 Å². The van der Waals surface area contributed by atoms with Crippen molar-refractivity contribution in [3.8, 4) is 0 Å². The van der Waals surface area contributed by atoms with Gasteiger partial charge in [-0.3, -0.25) is 19.4 Å². The lowest BCUT2D eigenvalue weighted by molar-refractivity contribution is -0.115. The molecule has 158 valence electrons. The lowest BCUT2D eigenvalue weighted by Crippen LogP contribution is -2.38. The number of carbonyl (C=O) groups excluding carboxylic acids is 2. The predicted octanol–water partition coefficient (Wildman–Crippen LogP) is 4.60. The second-order valence-corrected chi connectivity index (χ2v) is 7.97. The molecule has 0 N–H and O–H groups in total. The number of hydrogen-bond acceptors (Lipinski definition) is 3. The predicted molar refractivity (Wildman–Crippen MR) is 118 cm³/mol. The molecule has 2 aliphatic rings. The van der Waals surface area contributed by atoms with Crippen LogP contribution in [-0.2, 0) is 4.79 Å². The van der Waals surface area contributed by atoms with Gasteiger partial charge in [0.1, 0.15) is 5.83 Å². The second-order valence-electron chi connectivity index (χ2n) is 7.97. The number of allylic oxidation sites excluding steroid dienone is 4. The van der Waals surface area contributed by atoms with E-state index in [4.69, 9.17) is 0 Å². The lowest BCUT2D eigenvalue weighted by atomic mass is 9.92. The standard InChI is InChI=1S/C25H29FN2O2/c1-19-9-7-8-12-23(19)25(30)28(18-29)17-24(26)22-13-14-27(15-20(22)2)16-21-10-5-3-4-6-11-21/h3-5,7-12,18,20H,6,13-17H2,1-2H3/b24-22-. The van der Waals surface area contributed by atoms with E-state index in [1.807, 2.05) is 13.0 Å². The van der Waals surface area contributed by atoms with E-state index in [9.17, 15) is 9.59 Å². The van der Waals surface area contributed by atoms with Crippen LogP contribution in [0.25, 0.3) is 0 Å². The molecule has 0 radical (unpaired) electrons. The molecule has 0 aromatic heterocycles. The Morgan fingerprint density at radius 2 is 2.10 bits per heavy atom. The molecule has 1 aliphatic carbocycles. The Bertz CT molecular complexity index is 913. The second kappa shape index (κ2) is 10.3. The van der Waals surface area contributed by atoms with Gasteiger partial charge in [0, 0.05) is 25.2 Å². The third-order valence-electron chi connectivity index (χ3n) is 5.73. The molecule has 5 heteroatoms. The summed E-state index contributed by atoms with van der Waals surface area (Å²) in [5.41, 5.74) is 3.17. The number of aryl methyl sites for hydroxylation is 1. The molecule has 30 heavy (non-hydrogen) atoms. The highest BCUT2D eigenvalue weighted by molar-refractivity contribution is 6.01. The summed E-state index contributed by atoms with van der Waals surface area (Å²) in [6, 6.07) is 7.03. The fourth-order valence-corrected chi connectivity index (χ4v) is 4.04. The maximum absolute atomic E-state index is 15.1. The van der Waals surface area contributed by atoms with Crippen LogP contribution >= 0.6 is 0 Å². The van der Waals surface area contributed by atoms with E-state index in [1.54, 1.807) is 25.1 Å². The van der Waals surface area contributed by atoms with E-state index in [1.165, 1.54) is 5.57 Å². The van der Waals surface area contributed by atoms with E-state index in [0.29, 0.717) is 24.0 Å². The van der Waals surface area contributed by atoms with Gasteiger partial charge >= 0.3 is 0 Å². The normalized spacial score (nSPS) is 21.0. The highest BCUT2D eigenvalue weighted by Gasteiger charge is 2.26. The van der Waals surface area contributed by atoms with Crippen molar-refractivity contribution in [2.24, 2.45) is 5.92 Å². The molecule has 1 heterocycles. The molecule has 1 unspecified atom stereocenters. The fraction of sp³-hybridized carbons (Fsp3) is 0.360. The number of imide groups is 1. The van der Waals surface area contributed by atoms with Gasteiger partial charge in [-0.05, 0) is 48.5 Å². The number of piperidine rings is 1. The van der Waals surface area contributed by atoms with Crippen molar-refractivity contribution < 1.29 is 14.0 Å². The van der Waals surface area contributed by atoms with Crippen LogP contribution < -0.4 is 0 Å². The molecule has 1 aromatic carbocycles. The summed E-state index contributed by atoms with van der Waals surface area (Å²) in [6.45, 7) is 5.87. The summed E-state index contributed by atoms with van der Waals surface area (Å²) in [5.74, 6) is -0.798. The summed E-state index contributed by atoms with van der Waals surface area (Å²) in [7, 11) is 0. The van der Waals surface area contributed by atoms with Crippen LogP contribution in [0, 0.1) is 12.8 Å². The third-order valence-corrected chi connectivity index (χ3v) is 5.73. The van der Waals surface area contributed by atoms with Crippen LogP contribution in [0.2, 0.25) is 0 Å². The van der Waals surface area contributed by atoms with Crippen molar-refractivity contribution in [1.29, 1.82) is 0 Å². The van der Waals surface area contributed by atoms with Gasteiger partial charge < -0.3 is 0 Å². The number of nitrogens with zero attached hydrogens (tertiary/aromatic N) is 2. The zero-order valence-electron chi connectivity index (χ0n) is 17.7. The number of amides is 2. The number of halogens is 1. The Labute approximate surface area is 178 Å². The quantitative estimate of drug-likeness (QED) is 0.646. The van der Waals surface area contributed by atoms with E-state index < -0.39 is 5.91 Å². The summed E-state index contributed by atoms with van der Waals surface area (Å²) >= 11 is 0. The number of hydrogen-bond donors (Lipinski definition) is 0. The van der Waals surface area contributed by atoms with Gasteiger partial charge in [-0.25, -0.2) is 4.39 Å². The average molecular weight is 409 g/mol. The highest BCUT2D eigenvalue weighted by atomic mass is 19.1. The van der Waals surface area contributed by atoms with Gasteiger partial charge in [-0.2, -0.15) is 0 Å². The summed E-state index contributed by atoms with van der Waals surface area (Å²) in [4.78, 5) is 27.5. The highest BCUT2D eigenvalue weighted by Crippen LogP contribution is 2.28. The van der Waals surface area contributed by atoms with E-state index >= 15 is 4.39 Å². The molecular formula is C25H29FN2O2. The molecule has 0 bridgehead atoms. The molecule has 2 amide bonds. The fourth-order valence-electron chi connectivity index (χ4n) is 4.04. The number of benzene rings is 1. The first-order chi connectivity index (χ1) is 14.5. The molecule has 1 saturated heterocycles. The van der Waals surface area contributed by atoms with E-state index in [0.717, 1.165) is 36.5 Å². The van der Waals surface area contributed by atoms with Crippen molar-refractivity contribution in [2.75, 3.05) is 26.2 Å². The first-order valence-corrected chi connectivity index (χ1v) is 10.4. The SMILES string of the molecule is Cc1ccccc1C(=O)N(C=O)C/C(F)=C1\CCN(CC2=CCC=CC=C2)CC1C. The molecule has 1 atom stereocenters. The first-order valence-electron chi connectivity index (χ1n) is 10.4. The van der Waals surface area contributed by atoms with Crippen LogP contribution in [-0.4, -0.2) is 48.3 Å². The minimum atomic E-state index is -0.468. The van der Waals surface area contributed by atoms with Crippen LogP contribution in [0.4, 0.5) is 4.39 Å². The monoisotopic (exact) mass is 408 g/mol. The van der Waals surface area contributed by atoms with Gasteiger partial charge in [0.05, 0.1) is 6.54 Å². The van der Waals surface area contributed by atoms with Gasteiger partial charge in [0.15, 0.2) is 0 Å². The van der Waals surface area contributed by atoms with Crippen molar-refractivity contribution in [1.82, 2.24) is 9.80 Å². The molecule has 1 fully saturated rings. The topological polar surface area (TPSA) is 40.6 Å². The molecule has 4 nitrogen and oxygen atoms in total. The Kier molecular flexibility index (Phi) is 7.52. The zero-order valence-corrected chi connectivity index (χ0v) is 17.7. The number of rotatable bonds is 6. The van der Waals surface area contributed by atoms with Crippen molar-refractivity contribution in [3.63, 3.8) is 0 Å². The third kappa shape index (κ3) is 5.42. The molecule has 0 spiro atoms. The minimum absolute atomic E-state index is 0.0364. The molecule has 3 rings (SSSR count). The summed E-state index contributed by atoms with van der Waals surface area (Å²) < 4.78 is 15.1. The van der Waals surface area contributed by atoms with Crippen LogP contribution in [0.5, 0.6) is 0 Å². The van der Waals surface area contributed by atoms with Crippen LogP contribution in [0.3, 0.4) is 0 Å². The van der Waals surface area contributed by atoms with Crippen molar-refractivity contribution in [2.45, 2.75) is 26.7 Å². The van der Waals surface area contributed by atoms with Crippen molar-refractivity contribution in [3.05, 3.63) is 82.7 Å². The van der Waals surface area contributed by atoms with Crippen LogP contribution in [0.15, 0.2) is 71.6 Å². The lowest BCUT2D eigenvalue weighted by Gasteiger charge is -2.34. The Hall–Kier alpha value is -2.79. The number of carbonyl (C=O) groups is 2. The minimum Gasteiger partial charge on any atom is -0.298 e. The zero-order chi connectivity index (χ0) is 21.5. The average Bonchev–Trinajstić information content (AvgIpc) is 3.00. The Balaban J connectivity index is 1.65. The molecule has 0 saturated carbocycles. The maximum Gasteiger partial charge on any atom is 0.260 e. The molecule has 1 aliphatic heterocycles. The first kappa shape index (κ1) is 21.9. The van der Waals surface area contributed by atoms with Gasteiger partial charge in [-0.15, -0.1) is 0 Å². The maximum atomic E-state index is 15.1. The Morgan fingerprint density at radius 1 is 1.30 bits per heavy atom. The van der Waals surface area contributed by atoms with E-state index in [-0.39, 0.29) is 18.3 Å². The van der Waals surface area contributed by atoms with E-state index in [2.05, 4.69) is 35.3 Å². The largest absolute Gasteiger partial charge is 0.298 e. The smallest absolute Gasteiger partial charge is 0.260 e. The van der Waals surface area contributed by atoms with Gasteiger partial charge in [0.2, 0.25) is 6.41 Å². The van der Waals surface area contributed by atoms with Gasteiger partial charge in [0.25, 0.3) is 5.91 Å². The summed E-state index contributed by atoms with van der Waals surface area (Å²) in [5, 5.41) is 0. The van der Waals surface area contributed by atoms with Gasteiger partial charge in [-0.1, -0.05) is 55.5 Å².